The van der Waals surface area contributed by atoms with E-state index in [9.17, 15) is 14.0 Å². The van der Waals surface area contributed by atoms with E-state index in [2.05, 4.69) is 5.32 Å². The maximum Gasteiger partial charge on any atom is 0.263 e. The Morgan fingerprint density at radius 3 is 2.28 bits per heavy atom. The van der Waals surface area contributed by atoms with Crippen molar-refractivity contribution in [3.8, 4) is 0 Å². The molecular formula is C23H18FN3O2. The minimum Gasteiger partial charge on any atom is -0.384 e. The highest BCUT2D eigenvalue weighted by atomic mass is 19.1. The van der Waals surface area contributed by atoms with E-state index in [0.717, 1.165) is 5.56 Å². The van der Waals surface area contributed by atoms with Gasteiger partial charge < -0.3 is 11.1 Å². The maximum atomic E-state index is 13.1. The number of rotatable bonds is 3. The molecule has 3 N–H and O–H groups in total. The number of nitrogens with two attached hydrogens (primary N) is 1. The van der Waals surface area contributed by atoms with Gasteiger partial charge in [-0.05, 0) is 49.4 Å². The predicted octanol–water partition coefficient (Wildman–Crippen LogP) is 4.61. The number of anilines is 2. The molecule has 0 atom stereocenters. The number of halogens is 1. The zero-order valence-electron chi connectivity index (χ0n) is 15.6. The smallest absolute Gasteiger partial charge is 0.263 e. The number of hydrogen-bond acceptors (Lipinski definition) is 3. The average molecular weight is 387 g/mol. The molecule has 0 bridgehead atoms. The van der Waals surface area contributed by atoms with E-state index in [1.165, 1.54) is 28.8 Å². The Morgan fingerprint density at radius 2 is 1.59 bits per heavy atom. The van der Waals surface area contributed by atoms with Crippen molar-refractivity contribution in [3.63, 3.8) is 0 Å². The summed E-state index contributed by atoms with van der Waals surface area (Å²) in [5.74, 6) is -1.14. The molecule has 144 valence electrons. The number of carbonyl (C=O) groups excluding carboxylic acids is 2. The van der Waals surface area contributed by atoms with Crippen LogP contribution in [0.4, 0.5) is 15.9 Å². The Balaban J connectivity index is 1.80. The molecule has 4 rings (SSSR count). The molecule has 0 aliphatic carbocycles. The molecule has 1 aromatic heterocycles. The van der Waals surface area contributed by atoms with Gasteiger partial charge in [-0.1, -0.05) is 35.9 Å². The summed E-state index contributed by atoms with van der Waals surface area (Å²) in [4.78, 5) is 26.1. The third-order valence-corrected chi connectivity index (χ3v) is 4.74. The van der Waals surface area contributed by atoms with E-state index in [4.69, 9.17) is 5.73 Å². The molecular weight excluding hydrogens is 369 g/mol. The second-order valence-electron chi connectivity index (χ2n) is 6.74. The Bertz CT molecular complexity index is 1230. The van der Waals surface area contributed by atoms with E-state index in [1.54, 1.807) is 36.4 Å². The lowest BCUT2D eigenvalue weighted by molar-refractivity contribution is 0.0967. The van der Waals surface area contributed by atoms with Crippen LogP contribution in [0.2, 0.25) is 0 Å². The number of nitrogens with one attached hydrogen (secondary N) is 1. The minimum absolute atomic E-state index is 0.0522. The van der Waals surface area contributed by atoms with Crippen LogP contribution in [-0.4, -0.2) is 16.4 Å². The number of carbonyl (C=O) groups is 2. The van der Waals surface area contributed by atoms with Crippen molar-refractivity contribution in [3.05, 3.63) is 95.3 Å². The van der Waals surface area contributed by atoms with Crippen LogP contribution in [0.1, 0.15) is 26.3 Å². The van der Waals surface area contributed by atoms with Gasteiger partial charge in [0.25, 0.3) is 11.8 Å². The first-order valence-corrected chi connectivity index (χ1v) is 9.03. The fourth-order valence-electron chi connectivity index (χ4n) is 3.27. The summed E-state index contributed by atoms with van der Waals surface area (Å²) < 4.78 is 14.5. The summed E-state index contributed by atoms with van der Waals surface area (Å²) in [6, 6.07) is 19.6. The number of para-hydroxylation sites is 1. The maximum absolute atomic E-state index is 13.1. The van der Waals surface area contributed by atoms with Crippen LogP contribution in [0, 0.1) is 12.7 Å². The third kappa shape index (κ3) is 3.36. The lowest BCUT2D eigenvalue weighted by Gasteiger charge is -2.08. The van der Waals surface area contributed by atoms with Gasteiger partial charge in [0.05, 0.1) is 11.1 Å². The summed E-state index contributed by atoms with van der Waals surface area (Å²) in [5.41, 5.74) is 8.95. The number of fused-ring (bicyclic) bond motifs is 1. The lowest BCUT2D eigenvalue weighted by atomic mass is 10.1. The molecule has 0 spiro atoms. The summed E-state index contributed by atoms with van der Waals surface area (Å²) in [5, 5.41) is 3.27. The molecule has 5 nitrogen and oxygen atoms in total. The largest absolute Gasteiger partial charge is 0.384 e. The number of amides is 1. The molecule has 0 aliphatic heterocycles. The fraction of sp³-hybridized carbons (Fsp3) is 0.0435. The van der Waals surface area contributed by atoms with Crippen LogP contribution < -0.4 is 11.1 Å². The van der Waals surface area contributed by atoms with Crippen LogP contribution in [0.25, 0.3) is 10.9 Å². The van der Waals surface area contributed by atoms with Crippen molar-refractivity contribution in [1.82, 2.24) is 4.57 Å². The number of nitrogens with zero attached hydrogens (tertiary/aromatic N) is 1. The van der Waals surface area contributed by atoms with Gasteiger partial charge in [-0.15, -0.1) is 0 Å². The van der Waals surface area contributed by atoms with Gasteiger partial charge in [0.1, 0.15) is 11.6 Å². The van der Waals surface area contributed by atoms with Gasteiger partial charge in [0.15, 0.2) is 0 Å². The van der Waals surface area contributed by atoms with Gasteiger partial charge in [-0.25, -0.2) is 4.39 Å². The van der Waals surface area contributed by atoms with E-state index < -0.39 is 11.7 Å². The van der Waals surface area contributed by atoms with Crippen molar-refractivity contribution in [2.75, 3.05) is 11.1 Å². The Labute approximate surface area is 166 Å². The molecule has 0 saturated carbocycles. The molecule has 0 unspecified atom stereocenters. The highest BCUT2D eigenvalue weighted by molar-refractivity contribution is 6.19. The molecule has 0 saturated heterocycles. The molecule has 0 radical (unpaired) electrons. The van der Waals surface area contributed by atoms with Gasteiger partial charge in [-0.3, -0.25) is 14.2 Å². The Hall–Kier alpha value is -3.93. The number of hydrogen-bond donors (Lipinski definition) is 2. The topological polar surface area (TPSA) is 77.1 Å². The molecule has 0 aliphatic rings. The molecule has 4 aromatic rings. The SMILES string of the molecule is Cc1ccc(C(=O)n2c(N)c(C(=O)Nc3ccc(F)cc3)c3ccccc32)cc1. The first-order chi connectivity index (χ1) is 14.0. The van der Waals surface area contributed by atoms with Crippen LogP contribution in [-0.2, 0) is 0 Å². The predicted molar refractivity (Wildman–Crippen MR) is 112 cm³/mol. The number of nitrogen functional groups attached to an aromatic ring is 1. The van der Waals surface area contributed by atoms with Gasteiger partial charge >= 0.3 is 0 Å². The van der Waals surface area contributed by atoms with Gasteiger partial charge in [-0.2, -0.15) is 0 Å². The standard InChI is InChI=1S/C23H18FN3O2/c1-14-6-8-15(9-7-14)23(29)27-19-5-3-2-4-18(19)20(21(27)25)22(28)26-17-12-10-16(24)11-13-17/h2-13H,25H2,1H3,(H,26,28). The summed E-state index contributed by atoms with van der Waals surface area (Å²) in [6.07, 6.45) is 0. The molecule has 3 aromatic carbocycles. The first-order valence-electron chi connectivity index (χ1n) is 9.03. The van der Waals surface area contributed by atoms with Crippen LogP contribution >= 0.6 is 0 Å². The van der Waals surface area contributed by atoms with Crippen molar-refractivity contribution in [2.24, 2.45) is 0 Å². The van der Waals surface area contributed by atoms with Gasteiger partial charge in [0, 0.05) is 16.6 Å². The monoisotopic (exact) mass is 387 g/mol. The van der Waals surface area contributed by atoms with Crippen LogP contribution in [0.15, 0.2) is 72.8 Å². The van der Waals surface area contributed by atoms with Crippen molar-refractivity contribution >= 4 is 34.2 Å². The van der Waals surface area contributed by atoms with E-state index in [0.29, 0.717) is 22.2 Å². The van der Waals surface area contributed by atoms with Crippen molar-refractivity contribution in [2.45, 2.75) is 6.92 Å². The summed E-state index contributed by atoms with van der Waals surface area (Å²) >= 11 is 0. The zero-order valence-corrected chi connectivity index (χ0v) is 15.6. The number of benzene rings is 3. The van der Waals surface area contributed by atoms with E-state index in [-0.39, 0.29) is 17.3 Å². The highest BCUT2D eigenvalue weighted by Crippen LogP contribution is 2.30. The second-order valence-corrected chi connectivity index (χ2v) is 6.74. The normalized spacial score (nSPS) is 10.8. The molecule has 1 amide bonds. The fourth-order valence-corrected chi connectivity index (χ4v) is 3.27. The Kier molecular flexibility index (Phi) is 4.60. The third-order valence-electron chi connectivity index (χ3n) is 4.74. The molecule has 29 heavy (non-hydrogen) atoms. The molecule has 0 fully saturated rings. The highest BCUT2D eigenvalue weighted by Gasteiger charge is 2.24. The molecule has 6 heteroatoms. The van der Waals surface area contributed by atoms with Crippen LogP contribution in [0.3, 0.4) is 0 Å². The number of aryl methyl sites for hydroxylation is 1. The van der Waals surface area contributed by atoms with Crippen molar-refractivity contribution < 1.29 is 14.0 Å². The molecule has 1 heterocycles. The van der Waals surface area contributed by atoms with Crippen LogP contribution in [0.5, 0.6) is 0 Å². The van der Waals surface area contributed by atoms with E-state index in [1.807, 2.05) is 19.1 Å². The zero-order chi connectivity index (χ0) is 20.5. The Morgan fingerprint density at radius 1 is 0.931 bits per heavy atom. The summed E-state index contributed by atoms with van der Waals surface area (Å²) in [7, 11) is 0. The second kappa shape index (κ2) is 7.24. The van der Waals surface area contributed by atoms with Gasteiger partial charge in [0.2, 0.25) is 0 Å². The van der Waals surface area contributed by atoms with E-state index >= 15 is 0 Å². The minimum atomic E-state index is -0.472. The first kappa shape index (κ1) is 18.4. The van der Waals surface area contributed by atoms with Crippen molar-refractivity contribution in [1.29, 1.82) is 0 Å². The number of aromatic nitrogens is 1. The summed E-state index contributed by atoms with van der Waals surface area (Å²) in [6.45, 7) is 1.94. The quantitative estimate of drug-likeness (QED) is 0.539. The lowest BCUT2D eigenvalue weighted by Crippen LogP contribution is -2.18. The average Bonchev–Trinajstić information content (AvgIpc) is 3.01.